The maximum atomic E-state index is 13.4. The number of hydrogen-bond donors (Lipinski definition) is 1. The highest BCUT2D eigenvalue weighted by Gasteiger charge is 2.18. The molecule has 0 unspecified atom stereocenters. The predicted molar refractivity (Wildman–Crippen MR) is 100 cm³/mol. The van der Waals surface area contributed by atoms with E-state index >= 15 is 0 Å². The molecule has 0 saturated carbocycles. The topological polar surface area (TPSA) is 35.6 Å². The Labute approximate surface area is 156 Å². The van der Waals surface area contributed by atoms with Gasteiger partial charge in [-0.1, -0.05) is 11.6 Å². The van der Waals surface area contributed by atoms with E-state index in [-0.39, 0.29) is 10.6 Å². The molecule has 1 saturated heterocycles. The minimum atomic E-state index is -1.11. The van der Waals surface area contributed by atoms with Gasteiger partial charge in [0.2, 0.25) is 0 Å². The first kappa shape index (κ1) is 18.6. The van der Waals surface area contributed by atoms with Gasteiger partial charge in [-0.3, -0.25) is 4.79 Å². The fraction of sp³-hybridized carbons (Fsp3) is 0.316. The largest absolute Gasteiger partial charge is 0.369 e. The summed E-state index contributed by atoms with van der Waals surface area (Å²) < 4.78 is 26.5. The average molecular weight is 380 g/mol. The summed E-state index contributed by atoms with van der Waals surface area (Å²) in [6.45, 7) is 5.90. The van der Waals surface area contributed by atoms with E-state index in [0.29, 0.717) is 5.69 Å². The van der Waals surface area contributed by atoms with Crippen LogP contribution < -0.4 is 10.2 Å². The van der Waals surface area contributed by atoms with Gasteiger partial charge in [0, 0.05) is 37.6 Å². The van der Waals surface area contributed by atoms with Crippen LogP contribution in [-0.2, 0) is 0 Å². The van der Waals surface area contributed by atoms with Crippen molar-refractivity contribution in [1.82, 2.24) is 4.90 Å². The second-order valence-electron chi connectivity index (χ2n) is 6.49. The van der Waals surface area contributed by atoms with Gasteiger partial charge in [0.1, 0.15) is 0 Å². The molecule has 26 heavy (non-hydrogen) atoms. The van der Waals surface area contributed by atoms with Gasteiger partial charge >= 0.3 is 0 Å². The molecule has 1 heterocycles. The van der Waals surface area contributed by atoms with Gasteiger partial charge in [0.15, 0.2) is 11.6 Å². The number of rotatable bonds is 3. The molecule has 1 N–H and O–H groups in total. The number of piperazine rings is 1. The van der Waals surface area contributed by atoms with Gasteiger partial charge in [-0.25, -0.2) is 8.78 Å². The van der Waals surface area contributed by atoms with Gasteiger partial charge in [-0.2, -0.15) is 0 Å². The second-order valence-corrected chi connectivity index (χ2v) is 6.90. The van der Waals surface area contributed by atoms with Gasteiger partial charge in [0.25, 0.3) is 5.91 Å². The smallest absolute Gasteiger partial charge is 0.257 e. The summed E-state index contributed by atoms with van der Waals surface area (Å²) in [5, 5.41) is 2.55. The Kier molecular flexibility index (Phi) is 5.44. The van der Waals surface area contributed by atoms with Crippen LogP contribution in [0, 0.1) is 18.6 Å². The molecule has 1 fully saturated rings. The number of likely N-dealkylation sites (N-methyl/N-ethyl adjacent to an activating group) is 1. The monoisotopic (exact) mass is 379 g/mol. The maximum absolute atomic E-state index is 13.4. The summed E-state index contributed by atoms with van der Waals surface area (Å²) in [5.74, 6) is -2.78. The molecule has 0 aromatic heterocycles. The lowest BCUT2D eigenvalue weighted by Gasteiger charge is -2.35. The molecule has 0 bridgehead atoms. The maximum Gasteiger partial charge on any atom is 0.257 e. The first-order valence-electron chi connectivity index (χ1n) is 8.35. The highest BCUT2D eigenvalue weighted by Crippen LogP contribution is 2.26. The number of benzene rings is 2. The molecule has 1 aliphatic rings. The lowest BCUT2D eigenvalue weighted by molar-refractivity contribution is 0.102. The molecule has 1 amide bonds. The fourth-order valence-corrected chi connectivity index (χ4v) is 3.27. The van der Waals surface area contributed by atoms with E-state index in [2.05, 4.69) is 22.2 Å². The highest BCUT2D eigenvalue weighted by atomic mass is 35.5. The van der Waals surface area contributed by atoms with Crippen molar-refractivity contribution < 1.29 is 13.6 Å². The summed E-state index contributed by atoms with van der Waals surface area (Å²) in [4.78, 5) is 16.9. The number of halogens is 3. The molecule has 1 aliphatic heterocycles. The Morgan fingerprint density at radius 1 is 1.08 bits per heavy atom. The van der Waals surface area contributed by atoms with Gasteiger partial charge in [0.05, 0.1) is 10.6 Å². The van der Waals surface area contributed by atoms with Crippen molar-refractivity contribution in [2.75, 3.05) is 43.4 Å². The van der Waals surface area contributed by atoms with Gasteiger partial charge in [-0.05, 0) is 49.9 Å². The highest BCUT2D eigenvalue weighted by molar-refractivity contribution is 6.34. The Bertz CT molecular complexity index is 836. The van der Waals surface area contributed by atoms with Crippen molar-refractivity contribution in [3.63, 3.8) is 0 Å². The van der Waals surface area contributed by atoms with Gasteiger partial charge in [-0.15, -0.1) is 0 Å². The first-order valence-corrected chi connectivity index (χ1v) is 8.73. The van der Waals surface area contributed by atoms with Crippen molar-refractivity contribution in [3.05, 3.63) is 58.1 Å². The van der Waals surface area contributed by atoms with Crippen LogP contribution >= 0.6 is 11.6 Å². The van der Waals surface area contributed by atoms with Crippen molar-refractivity contribution in [2.45, 2.75) is 6.92 Å². The minimum absolute atomic E-state index is 0.105. The molecular formula is C19H20ClF2N3O. The lowest BCUT2D eigenvalue weighted by Crippen LogP contribution is -2.44. The Hall–Kier alpha value is -2.18. The number of carbonyl (C=O) groups excluding carboxylic acids is 1. The standard InChI is InChI=1S/C19H20ClF2N3O/c1-12-9-13(3-4-18(12)25-7-5-24(2)6-8-25)23-19(26)14-10-16(21)17(22)11-15(14)20/h3-4,9-11H,5-8H2,1-2H3,(H,23,26). The summed E-state index contributed by atoms with van der Waals surface area (Å²) >= 11 is 5.85. The molecule has 138 valence electrons. The van der Waals surface area contributed by atoms with E-state index in [1.807, 2.05) is 19.1 Å². The van der Waals surface area contributed by atoms with Crippen LogP contribution in [0.3, 0.4) is 0 Å². The zero-order valence-corrected chi connectivity index (χ0v) is 15.4. The average Bonchev–Trinajstić information content (AvgIpc) is 2.59. The molecule has 3 rings (SSSR count). The summed E-state index contributed by atoms with van der Waals surface area (Å²) in [6.07, 6.45) is 0. The van der Waals surface area contributed by atoms with Crippen LogP contribution in [-0.4, -0.2) is 44.0 Å². The molecular weight excluding hydrogens is 360 g/mol. The summed E-state index contributed by atoms with van der Waals surface area (Å²) in [6, 6.07) is 7.22. The number of anilines is 2. The van der Waals surface area contributed by atoms with Gasteiger partial charge < -0.3 is 15.1 Å². The van der Waals surface area contributed by atoms with E-state index in [9.17, 15) is 13.6 Å². The summed E-state index contributed by atoms with van der Waals surface area (Å²) in [7, 11) is 2.10. The van der Waals surface area contributed by atoms with E-state index in [0.717, 1.165) is 49.6 Å². The van der Waals surface area contributed by atoms with Crippen LogP contribution in [0.15, 0.2) is 30.3 Å². The minimum Gasteiger partial charge on any atom is -0.369 e. The third kappa shape index (κ3) is 3.97. The molecule has 0 radical (unpaired) electrons. The molecule has 7 heteroatoms. The van der Waals surface area contributed by atoms with Crippen LogP contribution in [0.2, 0.25) is 5.02 Å². The van der Waals surface area contributed by atoms with E-state index < -0.39 is 17.5 Å². The molecule has 4 nitrogen and oxygen atoms in total. The molecule has 0 aliphatic carbocycles. The lowest BCUT2D eigenvalue weighted by atomic mass is 10.1. The van der Waals surface area contributed by atoms with Crippen LogP contribution in [0.5, 0.6) is 0 Å². The van der Waals surface area contributed by atoms with Crippen molar-refractivity contribution in [2.24, 2.45) is 0 Å². The molecule has 0 spiro atoms. The van der Waals surface area contributed by atoms with Crippen LogP contribution in [0.1, 0.15) is 15.9 Å². The van der Waals surface area contributed by atoms with Crippen LogP contribution in [0.25, 0.3) is 0 Å². The number of aryl methyl sites for hydroxylation is 1. The SMILES string of the molecule is Cc1cc(NC(=O)c2cc(F)c(F)cc2Cl)ccc1N1CCN(C)CC1. The number of hydrogen-bond acceptors (Lipinski definition) is 3. The third-order valence-corrected chi connectivity index (χ3v) is 4.87. The Balaban J connectivity index is 1.75. The van der Waals surface area contributed by atoms with Crippen molar-refractivity contribution >= 4 is 28.9 Å². The van der Waals surface area contributed by atoms with Crippen molar-refractivity contribution in [1.29, 1.82) is 0 Å². The predicted octanol–water partition coefficient (Wildman–Crippen LogP) is 3.93. The number of carbonyl (C=O) groups is 1. The first-order chi connectivity index (χ1) is 12.3. The fourth-order valence-electron chi connectivity index (χ4n) is 3.03. The normalized spacial score (nSPS) is 15.2. The molecule has 2 aromatic rings. The van der Waals surface area contributed by atoms with E-state index in [4.69, 9.17) is 11.6 Å². The molecule has 0 atom stereocenters. The zero-order valence-electron chi connectivity index (χ0n) is 14.7. The van der Waals surface area contributed by atoms with Crippen LogP contribution in [0.4, 0.5) is 20.2 Å². The number of nitrogens with one attached hydrogen (secondary N) is 1. The van der Waals surface area contributed by atoms with Crippen molar-refractivity contribution in [3.8, 4) is 0 Å². The van der Waals surface area contributed by atoms with E-state index in [1.54, 1.807) is 6.07 Å². The van der Waals surface area contributed by atoms with E-state index in [1.165, 1.54) is 0 Å². The second kappa shape index (κ2) is 7.60. The molecule has 2 aromatic carbocycles. The summed E-state index contributed by atoms with van der Waals surface area (Å²) in [5.41, 5.74) is 2.63. The number of nitrogens with zero attached hydrogens (tertiary/aromatic N) is 2. The Morgan fingerprint density at radius 2 is 1.73 bits per heavy atom. The quantitative estimate of drug-likeness (QED) is 0.821. The Morgan fingerprint density at radius 3 is 2.38 bits per heavy atom. The third-order valence-electron chi connectivity index (χ3n) is 4.55. The number of amides is 1. The zero-order chi connectivity index (χ0) is 18.8.